The predicted octanol–water partition coefficient (Wildman–Crippen LogP) is 0.745. The fourth-order valence-corrected chi connectivity index (χ4v) is 2.69. The van der Waals surface area contributed by atoms with Crippen LogP contribution in [-0.4, -0.2) is 28.9 Å². The van der Waals surface area contributed by atoms with Crippen molar-refractivity contribution in [1.82, 2.24) is 15.3 Å². The van der Waals surface area contributed by atoms with Crippen molar-refractivity contribution in [3.63, 3.8) is 0 Å². The van der Waals surface area contributed by atoms with E-state index in [1.807, 2.05) is 44.2 Å². The number of hydrogen-bond acceptors (Lipinski definition) is 4. The summed E-state index contributed by atoms with van der Waals surface area (Å²) in [6.07, 6.45) is 0. The third-order valence-electron chi connectivity index (χ3n) is 3.98. The summed E-state index contributed by atoms with van der Waals surface area (Å²) in [4.78, 5) is 24.1. The van der Waals surface area contributed by atoms with E-state index >= 15 is 0 Å². The standard InChI is InChI=1S/C19H20N6O/c1-11-8-9-16-14(10-11)12(2)22-19(23-16)25-18(20)24-17(26)13-6-4-5-7-15(13)21-3/h4-10,21H,1-3H3,(H3,20,22,23,24,25,26)/p+1. The molecule has 2 aromatic carbocycles. The van der Waals surface area contributed by atoms with Crippen LogP contribution >= 0.6 is 0 Å². The predicted molar refractivity (Wildman–Crippen MR) is 102 cm³/mol. The van der Waals surface area contributed by atoms with Gasteiger partial charge in [0.25, 0.3) is 11.9 Å². The van der Waals surface area contributed by atoms with E-state index in [1.54, 1.807) is 19.2 Å². The molecule has 7 nitrogen and oxygen atoms in total. The maximum absolute atomic E-state index is 12.4. The zero-order valence-electron chi connectivity index (χ0n) is 14.9. The van der Waals surface area contributed by atoms with Crippen LogP contribution in [0.25, 0.3) is 10.9 Å². The summed E-state index contributed by atoms with van der Waals surface area (Å²) in [7, 11) is 1.75. The highest BCUT2D eigenvalue weighted by Crippen LogP contribution is 2.17. The number of nitrogens with one attached hydrogen (secondary N) is 3. The third kappa shape index (κ3) is 3.61. The minimum absolute atomic E-state index is 0.0618. The van der Waals surface area contributed by atoms with Gasteiger partial charge in [-0.05, 0) is 38.1 Å². The number of fused-ring (bicyclic) bond motifs is 1. The molecule has 26 heavy (non-hydrogen) atoms. The summed E-state index contributed by atoms with van der Waals surface area (Å²) in [5.74, 6) is 0.0680. The van der Waals surface area contributed by atoms with Gasteiger partial charge in [0.15, 0.2) is 0 Å². The molecule has 1 aromatic heterocycles. The maximum atomic E-state index is 12.4. The van der Waals surface area contributed by atoms with E-state index in [4.69, 9.17) is 5.73 Å². The number of carbonyl (C=O) groups is 1. The van der Waals surface area contributed by atoms with Gasteiger partial charge in [-0.1, -0.05) is 23.8 Å². The van der Waals surface area contributed by atoms with Crippen molar-refractivity contribution in [3.05, 3.63) is 59.3 Å². The lowest BCUT2D eigenvalue weighted by Crippen LogP contribution is -2.75. The quantitative estimate of drug-likeness (QED) is 0.412. The first-order valence-corrected chi connectivity index (χ1v) is 8.20. The zero-order chi connectivity index (χ0) is 18.7. The van der Waals surface area contributed by atoms with E-state index in [9.17, 15) is 4.79 Å². The number of anilines is 1. The normalized spacial score (nSPS) is 11.4. The van der Waals surface area contributed by atoms with Crippen LogP contribution in [0.5, 0.6) is 0 Å². The molecule has 0 aliphatic heterocycles. The Labute approximate surface area is 151 Å². The van der Waals surface area contributed by atoms with Gasteiger partial charge in [-0.2, -0.15) is 0 Å². The number of aromatic nitrogens is 2. The molecule has 1 amide bonds. The lowest BCUT2D eigenvalue weighted by Gasteiger charge is -2.07. The molecule has 0 saturated carbocycles. The largest absolute Gasteiger partial charge is 0.387 e. The molecule has 0 atom stereocenters. The first-order valence-electron chi connectivity index (χ1n) is 8.20. The van der Waals surface area contributed by atoms with Crippen molar-refractivity contribution in [2.75, 3.05) is 12.4 Å². The van der Waals surface area contributed by atoms with Gasteiger partial charge in [0, 0.05) is 18.1 Å². The van der Waals surface area contributed by atoms with Crippen molar-refractivity contribution in [2.45, 2.75) is 13.8 Å². The van der Waals surface area contributed by atoms with E-state index in [0.29, 0.717) is 17.2 Å². The van der Waals surface area contributed by atoms with Crippen LogP contribution in [0.15, 0.2) is 42.5 Å². The van der Waals surface area contributed by atoms with Crippen molar-refractivity contribution in [3.8, 4) is 0 Å². The van der Waals surface area contributed by atoms with Gasteiger partial charge in [-0.15, -0.1) is 9.97 Å². The number of nitrogens with two attached hydrogens (primary N) is 1. The molecular formula is C19H21N6O+. The smallest absolute Gasteiger partial charge is 0.354 e. The van der Waals surface area contributed by atoms with Crippen LogP contribution in [0, 0.1) is 13.8 Å². The highest BCUT2D eigenvalue weighted by molar-refractivity contribution is 6.07. The Hall–Kier alpha value is -3.48. The Balaban J connectivity index is 1.87. The molecule has 5 N–H and O–H groups in total. The number of carbonyl (C=O) groups excluding carboxylic acids is 1. The minimum atomic E-state index is -0.326. The third-order valence-corrected chi connectivity index (χ3v) is 3.98. The molecule has 0 bridgehead atoms. The summed E-state index contributed by atoms with van der Waals surface area (Å²) >= 11 is 0. The number of guanidine groups is 1. The number of amides is 1. The van der Waals surface area contributed by atoms with Crippen LogP contribution in [0.2, 0.25) is 0 Å². The summed E-state index contributed by atoms with van der Waals surface area (Å²) in [6, 6.07) is 13.1. The molecule has 0 spiro atoms. The molecule has 3 rings (SSSR count). The number of benzene rings is 2. The Bertz CT molecular complexity index is 1010. The van der Waals surface area contributed by atoms with Crippen LogP contribution in [0.3, 0.4) is 0 Å². The van der Waals surface area contributed by atoms with Gasteiger partial charge in [-0.3, -0.25) is 4.79 Å². The average molecular weight is 349 g/mol. The molecule has 3 aromatic rings. The second-order valence-electron chi connectivity index (χ2n) is 5.94. The summed E-state index contributed by atoms with van der Waals surface area (Å²) < 4.78 is 0. The molecular weight excluding hydrogens is 328 g/mol. The van der Waals surface area contributed by atoms with E-state index in [2.05, 4.69) is 25.6 Å². The number of hydrogen-bond donors (Lipinski definition) is 4. The molecule has 0 unspecified atom stereocenters. The number of rotatable bonds is 3. The van der Waals surface area contributed by atoms with Gasteiger partial charge < -0.3 is 11.1 Å². The first kappa shape index (κ1) is 17.3. The molecule has 0 saturated heterocycles. The number of para-hydroxylation sites is 1. The average Bonchev–Trinajstić information content (AvgIpc) is 2.62. The highest BCUT2D eigenvalue weighted by Gasteiger charge is 2.15. The van der Waals surface area contributed by atoms with E-state index in [0.717, 1.165) is 22.2 Å². The summed E-state index contributed by atoms with van der Waals surface area (Å²) in [6.45, 7) is 3.93. The van der Waals surface area contributed by atoms with Crippen LogP contribution in [0.1, 0.15) is 21.6 Å². The van der Waals surface area contributed by atoms with Crippen LogP contribution < -0.4 is 21.4 Å². The summed E-state index contributed by atoms with van der Waals surface area (Å²) in [5, 5.41) is 6.58. The van der Waals surface area contributed by atoms with Crippen molar-refractivity contribution < 1.29 is 9.79 Å². The summed E-state index contributed by atoms with van der Waals surface area (Å²) in [5.41, 5.74) is 9.92. The van der Waals surface area contributed by atoms with Gasteiger partial charge in [0.05, 0.1) is 11.3 Å². The number of nitrogens with zero attached hydrogens (tertiary/aromatic N) is 2. The first-order chi connectivity index (χ1) is 12.5. The van der Waals surface area contributed by atoms with Crippen molar-refractivity contribution >= 4 is 34.4 Å². The minimum Gasteiger partial charge on any atom is -0.387 e. The van der Waals surface area contributed by atoms with Gasteiger partial charge >= 0.3 is 5.95 Å². The maximum Gasteiger partial charge on any atom is 0.354 e. The monoisotopic (exact) mass is 349 g/mol. The second kappa shape index (κ2) is 7.18. The zero-order valence-corrected chi connectivity index (χ0v) is 14.9. The van der Waals surface area contributed by atoms with E-state index in [-0.39, 0.29) is 11.9 Å². The molecule has 132 valence electrons. The lowest BCUT2D eigenvalue weighted by molar-refractivity contribution is -0.367. The Kier molecular flexibility index (Phi) is 4.79. The van der Waals surface area contributed by atoms with Crippen LogP contribution in [-0.2, 0) is 0 Å². The molecule has 7 heteroatoms. The molecule has 0 radical (unpaired) electrons. The molecule has 0 aliphatic carbocycles. The fraction of sp³-hybridized carbons (Fsp3) is 0.158. The van der Waals surface area contributed by atoms with Gasteiger partial charge in [0.1, 0.15) is 5.52 Å². The SMILES string of the molecule is CNc1ccccc1C(=O)N/C(N)=[NH+]/c1nc(C)c2cc(C)ccc2n1. The van der Waals surface area contributed by atoms with E-state index < -0.39 is 0 Å². The Morgan fingerprint density at radius 3 is 2.65 bits per heavy atom. The Morgan fingerprint density at radius 2 is 1.88 bits per heavy atom. The van der Waals surface area contributed by atoms with Crippen molar-refractivity contribution in [1.29, 1.82) is 0 Å². The highest BCUT2D eigenvalue weighted by atomic mass is 16.1. The topological polar surface area (TPSA) is 107 Å². The second-order valence-corrected chi connectivity index (χ2v) is 5.94. The fourth-order valence-electron chi connectivity index (χ4n) is 2.69. The van der Waals surface area contributed by atoms with Crippen molar-refractivity contribution in [2.24, 2.45) is 5.73 Å². The van der Waals surface area contributed by atoms with Crippen LogP contribution in [0.4, 0.5) is 11.6 Å². The number of aryl methyl sites for hydroxylation is 2. The molecule has 0 aliphatic rings. The molecule has 0 fully saturated rings. The van der Waals surface area contributed by atoms with Gasteiger partial charge in [-0.25, -0.2) is 10.3 Å². The lowest BCUT2D eigenvalue weighted by atomic mass is 10.1. The van der Waals surface area contributed by atoms with E-state index in [1.165, 1.54) is 0 Å². The molecule has 1 heterocycles. The Morgan fingerprint density at radius 1 is 1.12 bits per heavy atom. The van der Waals surface area contributed by atoms with Gasteiger partial charge in [0.2, 0.25) is 0 Å².